The fourth-order valence-electron chi connectivity index (χ4n) is 5.31. The van der Waals surface area contributed by atoms with E-state index in [0.717, 1.165) is 16.6 Å². The van der Waals surface area contributed by atoms with Gasteiger partial charge in [0.1, 0.15) is 5.82 Å². The van der Waals surface area contributed by atoms with E-state index >= 15 is 0 Å². The van der Waals surface area contributed by atoms with Crippen LogP contribution < -0.4 is 5.32 Å². The van der Waals surface area contributed by atoms with Gasteiger partial charge in [0.25, 0.3) is 0 Å². The molecule has 0 unspecified atom stereocenters. The second-order valence-electron chi connectivity index (χ2n) is 8.83. The molecule has 1 aliphatic heterocycles. The highest BCUT2D eigenvalue weighted by Crippen LogP contribution is 2.44. The van der Waals surface area contributed by atoms with Crippen molar-refractivity contribution in [1.82, 2.24) is 24.8 Å². The number of hydrogen-bond donors (Lipinski definition) is 1. The minimum Gasteiger partial charge on any atom is -0.352 e. The average Bonchev–Trinajstić information content (AvgIpc) is 3.48. The molecule has 0 spiro atoms. The van der Waals surface area contributed by atoms with E-state index in [1.54, 1.807) is 0 Å². The number of rotatable bonds is 4. The van der Waals surface area contributed by atoms with Crippen molar-refractivity contribution < 1.29 is 0 Å². The first-order valence-electron chi connectivity index (χ1n) is 11.2. The van der Waals surface area contributed by atoms with Crippen molar-refractivity contribution in [3.05, 3.63) is 77.0 Å². The van der Waals surface area contributed by atoms with E-state index in [-0.39, 0.29) is 12.1 Å². The van der Waals surface area contributed by atoms with Crippen LogP contribution in [0.25, 0.3) is 5.82 Å². The first kappa shape index (κ1) is 20.2. The Morgan fingerprint density at radius 2 is 1.84 bits per heavy atom. The van der Waals surface area contributed by atoms with Crippen LogP contribution >= 0.6 is 12.2 Å². The fourth-order valence-corrected chi connectivity index (χ4v) is 5.70. The molecule has 2 aliphatic rings. The third-order valence-corrected chi connectivity index (χ3v) is 7.10. The Bertz CT molecular complexity index is 1080. The van der Waals surface area contributed by atoms with E-state index < -0.39 is 0 Å². The molecule has 31 heavy (non-hydrogen) atoms. The summed E-state index contributed by atoms with van der Waals surface area (Å²) in [6, 6.07) is 13.3. The summed E-state index contributed by atoms with van der Waals surface area (Å²) in [5, 5.41) is 4.47. The van der Waals surface area contributed by atoms with Crippen LogP contribution in [0, 0.1) is 20.8 Å². The van der Waals surface area contributed by atoms with Crippen LogP contribution in [-0.4, -0.2) is 30.6 Å². The summed E-state index contributed by atoms with van der Waals surface area (Å²) in [4.78, 5) is 11.9. The molecule has 5 rings (SSSR count). The molecule has 1 saturated carbocycles. The van der Waals surface area contributed by atoms with Gasteiger partial charge in [0.05, 0.1) is 17.8 Å². The summed E-state index contributed by atoms with van der Waals surface area (Å²) in [5.41, 5.74) is 5.91. The van der Waals surface area contributed by atoms with Gasteiger partial charge in [-0.3, -0.25) is 4.98 Å². The van der Waals surface area contributed by atoms with Crippen molar-refractivity contribution in [1.29, 1.82) is 0 Å². The lowest BCUT2D eigenvalue weighted by Crippen LogP contribution is -2.37. The highest BCUT2D eigenvalue weighted by atomic mass is 32.1. The predicted octanol–water partition coefficient (Wildman–Crippen LogP) is 5.11. The first-order valence-corrected chi connectivity index (χ1v) is 11.6. The lowest BCUT2D eigenvalue weighted by molar-refractivity contribution is 0.245. The molecular formula is C25H29N5S. The van der Waals surface area contributed by atoms with Crippen LogP contribution in [0.5, 0.6) is 0 Å². The Balaban J connectivity index is 1.63. The van der Waals surface area contributed by atoms with Gasteiger partial charge in [-0.1, -0.05) is 25.0 Å². The number of nitrogens with one attached hydrogen (secondary N) is 1. The zero-order valence-corrected chi connectivity index (χ0v) is 19.2. The summed E-state index contributed by atoms with van der Waals surface area (Å²) in [7, 11) is 0. The Kier molecular flexibility index (Phi) is 5.26. The Labute approximate surface area is 189 Å². The lowest BCUT2D eigenvalue weighted by Gasteiger charge is -2.33. The SMILES string of the molecule is Cc1ccc(-n2c(C)cc([C@H]3[C@@H](c4ccccn4)NC(=S)N3C3CCCC3)c2C)nc1. The molecule has 3 aromatic heterocycles. The molecule has 2 atom stereocenters. The number of aryl methyl sites for hydroxylation is 2. The summed E-state index contributed by atoms with van der Waals surface area (Å²) >= 11 is 5.89. The number of thiocarbonyl (C=S) groups is 1. The topological polar surface area (TPSA) is 46.0 Å². The maximum absolute atomic E-state index is 5.89. The second kappa shape index (κ2) is 8.08. The Hall–Kier alpha value is -2.73. The Morgan fingerprint density at radius 3 is 2.52 bits per heavy atom. The third-order valence-electron chi connectivity index (χ3n) is 6.77. The van der Waals surface area contributed by atoms with Crippen molar-refractivity contribution >= 4 is 17.3 Å². The molecule has 5 nitrogen and oxygen atoms in total. The molecule has 6 heteroatoms. The van der Waals surface area contributed by atoms with Crippen molar-refractivity contribution in [3.63, 3.8) is 0 Å². The van der Waals surface area contributed by atoms with Crippen LogP contribution in [0.15, 0.2) is 48.8 Å². The summed E-state index contributed by atoms with van der Waals surface area (Å²) in [5.74, 6) is 0.960. The number of hydrogen-bond acceptors (Lipinski definition) is 3. The molecule has 0 bridgehead atoms. The van der Waals surface area contributed by atoms with Crippen molar-refractivity contribution in [2.24, 2.45) is 0 Å². The number of pyridine rings is 2. The predicted molar refractivity (Wildman–Crippen MR) is 127 cm³/mol. The van der Waals surface area contributed by atoms with Crippen LogP contribution in [-0.2, 0) is 0 Å². The van der Waals surface area contributed by atoms with Gasteiger partial charge in [0.2, 0.25) is 0 Å². The largest absolute Gasteiger partial charge is 0.352 e. The summed E-state index contributed by atoms with van der Waals surface area (Å²) in [6.45, 7) is 6.43. The van der Waals surface area contributed by atoms with E-state index in [9.17, 15) is 0 Å². The first-order chi connectivity index (χ1) is 15.0. The maximum atomic E-state index is 5.89. The highest BCUT2D eigenvalue weighted by Gasteiger charge is 2.44. The van der Waals surface area contributed by atoms with E-state index in [4.69, 9.17) is 22.2 Å². The summed E-state index contributed by atoms with van der Waals surface area (Å²) < 4.78 is 2.26. The fraction of sp³-hybridized carbons (Fsp3) is 0.400. The molecule has 1 N–H and O–H groups in total. The smallest absolute Gasteiger partial charge is 0.170 e. The average molecular weight is 432 g/mol. The van der Waals surface area contributed by atoms with Crippen LogP contribution in [0.4, 0.5) is 0 Å². The zero-order chi connectivity index (χ0) is 21.5. The van der Waals surface area contributed by atoms with Crippen LogP contribution in [0.3, 0.4) is 0 Å². The minimum atomic E-state index is 0.0363. The van der Waals surface area contributed by atoms with Gasteiger partial charge in [0.15, 0.2) is 5.11 Å². The molecule has 0 aromatic carbocycles. The Morgan fingerprint density at radius 1 is 1.03 bits per heavy atom. The molecule has 1 saturated heterocycles. The number of aromatic nitrogens is 3. The van der Waals surface area contributed by atoms with Crippen LogP contribution in [0.1, 0.15) is 66.0 Å². The quantitative estimate of drug-likeness (QED) is 0.582. The van der Waals surface area contributed by atoms with Gasteiger partial charge < -0.3 is 14.8 Å². The van der Waals surface area contributed by atoms with E-state index in [2.05, 4.69) is 65.9 Å². The van der Waals surface area contributed by atoms with Gasteiger partial charge in [-0.05, 0) is 81.2 Å². The highest BCUT2D eigenvalue weighted by molar-refractivity contribution is 7.80. The lowest BCUT2D eigenvalue weighted by atomic mass is 9.95. The van der Waals surface area contributed by atoms with E-state index in [0.29, 0.717) is 6.04 Å². The van der Waals surface area contributed by atoms with Gasteiger partial charge >= 0.3 is 0 Å². The monoisotopic (exact) mass is 431 g/mol. The van der Waals surface area contributed by atoms with Crippen molar-refractivity contribution in [3.8, 4) is 5.82 Å². The van der Waals surface area contributed by atoms with Gasteiger partial charge in [0, 0.05) is 29.8 Å². The molecule has 2 fully saturated rings. The van der Waals surface area contributed by atoms with Gasteiger partial charge in [-0.15, -0.1) is 0 Å². The number of nitrogens with zero attached hydrogens (tertiary/aromatic N) is 4. The second-order valence-corrected chi connectivity index (χ2v) is 9.21. The normalized spacial score (nSPS) is 21.6. The standard InChI is InChI=1S/C25H29N5S/c1-16-11-12-22(27-15-16)29-17(2)14-20(18(29)3)24-23(21-10-6-7-13-26-21)28-25(31)30(24)19-8-4-5-9-19/h6-7,10-15,19,23-24H,4-5,8-9H2,1-3H3,(H,28,31)/t23-,24+/m1/s1. The zero-order valence-electron chi connectivity index (χ0n) is 18.4. The van der Waals surface area contributed by atoms with E-state index in [1.807, 2.05) is 18.5 Å². The molecule has 0 amide bonds. The van der Waals surface area contributed by atoms with Gasteiger partial charge in [-0.2, -0.15) is 0 Å². The van der Waals surface area contributed by atoms with Crippen molar-refractivity contribution in [2.75, 3.05) is 0 Å². The molecular weight excluding hydrogens is 402 g/mol. The maximum Gasteiger partial charge on any atom is 0.170 e. The summed E-state index contributed by atoms with van der Waals surface area (Å²) in [6.07, 6.45) is 8.75. The van der Waals surface area contributed by atoms with E-state index in [1.165, 1.54) is 48.2 Å². The third kappa shape index (κ3) is 3.53. The van der Waals surface area contributed by atoms with Gasteiger partial charge in [-0.25, -0.2) is 4.98 Å². The van der Waals surface area contributed by atoms with Crippen molar-refractivity contribution in [2.45, 2.75) is 64.6 Å². The molecule has 4 heterocycles. The molecule has 1 aliphatic carbocycles. The molecule has 0 radical (unpaired) electrons. The minimum absolute atomic E-state index is 0.0363. The molecule has 160 valence electrons. The van der Waals surface area contributed by atoms with Crippen LogP contribution in [0.2, 0.25) is 0 Å². The molecule has 3 aromatic rings.